The SMILES string of the molecule is Cc1cc(Cl)ccc1N=C(SC(C(=O)N1CCNCC1)c1ccccc1)N(C)C=O. The van der Waals surface area contributed by atoms with E-state index in [1.165, 1.54) is 16.7 Å². The number of carbonyl (C=O) groups excluding carboxylic acids is 2. The molecule has 8 heteroatoms. The number of piperazine rings is 1. The third-order valence-corrected chi connectivity index (χ3v) is 6.35. The van der Waals surface area contributed by atoms with Crippen molar-refractivity contribution in [3.63, 3.8) is 0 Å². The molecule has 0 saturated carbocycles. The van der Waals surface area contributed by atoms with Crippen LogP contribution in [0.4, 0.5) is 5.69 Å². The second kappa shape index (κ2) is 10.6. The lowest BCUT2D eigenvalue weighted by Gasteiger charge is -2.31. The van der Waals surface area contributed by atoms with Gasteiger partial charge in [-0.25, -0.2) is 4.99 Å². The molecule has 1 heterocycles. The summed E-state index contributed by atoms with van der Waals surface area (Å²) in [5.74, 6) is 0.0209. The normalized spacial score (nSPS) is 15.6. The molecular weight excluding hydrogens is 420 g/mol. The van der Waals surface area contributed by atoms with Crippen molar-refractivity contribution < 1.29 is 9.59 Å². The summed E-state index contributed by atoms with van der Waals surface area (Å²) in [6.45, 7) is 4.78. The molecule has 1 saturated heterocycles. The van der Waals surface area contributed by atoms with E-state index in [-0.39, 0.29) is 5.91 Å². The molecule has 0 radical (unpaired) electrons. The number of nitrogens with one attached hydrogen (secondary N) is 1. The van der Waals surface area contributed by atoms with Gasteiger partial charge in [-0.15, -0.1) is 0 Å². The number of halogens is 1. The van der Waals surface area contributed by atoms with Crippen LogP contribution >= 0.6 is 23.4 Å². The van der Waals surface area contributed by atoms with Gasteiger partial charge in [0.2, 0.25) is 12.3 Å². The molecule has 3 rings (SSSR count). The minimum atomic E-state index is -0.502. The van der Waals surface area contributed by atoms with E-state index < -0.39 is 5.25 Å². The topological polar surface area (TPSA) is 65.0 Å². The Bertz CT molecular complexity index is 917. The fourth-order valence-corrected chi connectivity index (χ4v) is 4.47. The number of amides is 2. The molecule has 0 aromatic heterocycles. The van der Waals surface area contributed by atoms with Crippen LogP contribution in [0.15, 0.2) is 53.5 Å². The summed E-state index contributed by atoms with van der Waals surface area (Å²) in [4.78, 5) is 32.9. The average Bonchev–Trinajstić information content (AvgIpc) is 2.78. The summed E-state index contributed by atoms with van der Waals surface area (Å²) in [6.07, 6.45) is 0.703. The second-order valence-corrected chi connectivity index (χ2v) is 8.53. The lowest BCUT2D eigenvalue weighted by molar-refractivity contribution is -0.131. The molecule has 2 amide bonds. The van der Waals surface area contributed by atoms with E-state index in [2.05, 4.69) is 5.32 Å². The number of hydrogen-bond donors (Lipinski definition) is 1. The number of thioether (sulfide) groups is 1. The molecular formula is C22H25ClN4O2S. The van der Waals surface area contributed by atoms with Crippen molar-refractivity contribution in [1.29, 1.82) is 0 Å². The summed E-state index contributed by atoms with van der Waals surface area (Å²) in [6, 6.07) is 15.0. The van der Waals surface area contributed by atoms with Crippen molar-refractivity contribution in [2.75, 3.05) is 33.2 Å². The van der Waals surface area contributed by atoms with Crippen LogP contribution in [0.25, 0.3) is 0 Å². The molecule has 1 unspecified atom stereocenters. The molecule has 2 aromatic rings. The highest BCUT2D eigenvalue weighted by atomic mass is 35.5. The average molecular weight is 445 g/mol. The minimum absolute atomic E-state index is 0.0209. The third kappa shape index (κ3) is 5.62. The molecule has 1 atom stereocenters. The zero-order valence-corrected chi connectivity index (χ0v) is 18.6. The van der Waals surface area contributed by atoms with Gasteiger partial charge in [-0.3, -0.25) is 14.5 Å². The summed E-state index contributed by atoms with van der Waals surface area (Å²) in [5.41, 5.74) is 2.48. The number of nitrogens with zero attached hydrogens (tertiary/aromatic N) is 3. The fourth-order valence-electron chi connectivity index (χ4n) is 3.13. The van der Waals surface area contributed by atoms with E-state index in [0.717, 1.165) is 24.2 Å². The van der Waals surface area contributed by atoms with Gasteiger partial charge in [0, 0.05) is 38.2 Å². The quantitative estimate of drug-likeness (QED) is 0.434. The van der Waals surface area contributed by atoms with Crippen molar-refractivity contribution >= 4 is 46.5 Å². The van der Waals surface area contributed by atoms with E-state index in [0.29, 0.717) is 35.4 Å². The Morgan fingerprint density at radius 1 is 1.23 bits per heavy atom. The predicted octanol–water partition coefficient (Wildman–Crippen LogP) is 3.63. The molecule has 30 heavy (non-hydrogen) atoms. The first-order chi connectivity index (χ1) is 14.5. The number of hydrogen-bond acceptors (Lipinski definition) is 5. The number of benzene rings is 2. The molecule has 6 nitrogen and oxygen atoms in total. The van der Waals surface area contributed by atoms with Gasteiger partial charge in [-0.1, -0.05) is 53.7 Å². The van der Waals surface area contributed by atoms with E-state index in [9.17, 15) is 9.59 Å². The molecule has 1 aliphatic heterocycles. The lowest BCUT2D eigenvalue weighted by atomic mass is 10.1. The van der Waals surface area contributed by atoms with Crippen molar-refractivity contribution in [2.45, 2.75) is 12.2 Å². The van der Waals surface area contributed by atoms with Gasteiger partial charge < -0.3 is 10.2 Å². The Kier molecular flexibility index (Phi) is 7.90. The van der Waals surface area contributed by atoms with Crippen LogP contribution in [0.2, 0.25) is 5.02 Å². The van der Waals surface area contributed by atoms with Crippen LogP contribution in [0.5, 0.6) is 0 Å². The summed E-state index contributed by atoms with van der Waals surface area (Å²) in [5, 5.41) is 3.85. The summed E-state index contributed by atoms with van der Waals surface area (Å²) >= 11 is 7.34. The molecule has 1 N–H and O–H groups in total. The van der Waals surface area contributed by atoms with Gasteiger partial charge >= 0.3 is 0 Å². The number of aliphatic imine (C=N–C) groups is 1. The van der Waals surface area contributed by atoms with Crippen LogP contribution < -0.4 is 5.32 Å². The van der Waals surface area contributed by atoms with E-state index >= 15 is 0 Å². The standard InChI is InChI=1S/C22H25ClN4O2S/c1-16-14-18(23)8-9-19(16)25-22(26(2)15-28)30-20(17-6-4-3-5-7-17)21(29)27-12-10-24-11-13-27/h3-9,14-15,20,24H,10-13H2,1-2H3. The Balaban J connectivity index is 1.97. The molecule has 2 aromatic carbocycles. The molecule has 1 fully saturated rings. The predicted molar refractivity (Wildman–Crippen MR) is 123 cm³/mol. The monoisotopic (exact) mass is 444 g/mol. The van der Waals surface area contributed by atoms with Crippen molar-refractivity contribution in [3.05, 3.63) is 64.7 Å². The van der Waals surface area contributed by atoms with Crippen LogP contribution in [-0.2, 0) is 9.59 Å². The molecule has 0 spiro atoms. The first kappa shape index (κ1) is 22.3. The van der Waals surface area contributed by atoms with Crippen molar-refractivity contribution in [2.24, 2.45) is 4.99 Å². The van der Waals surface area contributed by atoms with Gasteiger partial charge in [-0.05, 0) is 36.2 Å². The fraction of sp³-hybridized carbons (Fsp3) is 0.318. The Morgan fingerprint density at radius 3 is 2.57 bits per heavy atom. The third-order valence-electron chi connectivity index (χ3n) is 4.81. The highest BCUT2D eigenvalue weighted by Crippen LogP contribution is 2.34. The molecule has 1 aliphatic rings. The van der Waals surface area contributed by atoms with E-state index in [1.807, 2.05) is 54.3 Å². The van der Waals surface area contributed by atoms with E-state index in [1.54, 1.807) is 13.1 Å². The maximum Gasteiger partial charge on any atom is 0.240 e. The number of carbonyl (C=O) groups is 2. The minimum Gasteiger partial charge on any atom is -0.339 e. The van der Waals surface area contributed by atoms with Crippen molar-refractivity contribution in [1.82, 2.24) is 15.1 Å². The van der Waals surface area contributed by atoms with Crippen LogP contribution in [0, 0.1) is 6.92 Å². The summed E-state index contributed by atoms with van der Waals surface area (Å²) in [7, 11) is 1.64. The molecule has 0 bridgehead atoms. The number of aryl methyl sites for hydroxylation is 1. The molecule has 158 valence electrons. The highest BCUT2D eigenvalue weighted by Gasteiger charge is 2.30. The number of rotatable bonds is 5. The zero-order chi connectivity index (χ0) is 21.5. The first-order valence-corrected chi connectivity index (χ1v) is 11.0. The van der Waals surface area contributed by atoms with Crippen LogP contribution in [-0.4, -0.2) is 60.5 Å². The van der Waals surface area contributed by atoms with Crippen LogP contribution in [0.1, 0.15) is 16.4 Å². The Labute approximate surface area is 186 Å². The molecule has 0 aliphatic carbocycles. The van der Waals surface area contributed by atoms with Crippen molar-refractivity contribution in [3.8, 4) is 0 Å². The largest absolute Gasteiger partial charge is 0.339 e. The van der Waals surface area contributed by atoms with Gasteiger partial charge in [0.15, 0.2) is 5.17 Å². The smallest absolute Gasteiger partial charge is 0.240 e. The first-order valence-electron chi connectivity index (χ1n) is 9.73. The second-order valence-electron chi connectivity index (χ2n) is 7.03. The van der Waals surface area contributed by atoms with Gasteiger partial charge in [0.1, 0.15) is 5.25 Å². The number of amidine groups is 1. The summed E-state index contributed by atoms with van der Waals surface area (Å²) < 4.78 is 0. The van der Waals surface area contributed by atoms with Gasteiger partial charge in [0.05, 0.1) is 5.69 Å². The van der Waals surface area contributed by atoms with E-state index in [4.69, 9.17) is 16.6 Å². The van der Waals surface area contributed by atoms with Gasteiger partial charge in [-0.2, -0.15) is 0 Å². The zero-order valence-electron chi connectivity index (χ0n) is 17.0. The van der Waals surface area contributed by atoms with Gasteiger partial charge in [0.25, 0.3) is 0 Å². The highest BCUT2D eigenvalue weighted by molar-refractivity contribution is 8.14. The Hall–Kier alpha value is -2.35. The lowest BCUT2D eigenvalue weighted by Crippen LogP contribution is -2.47. The van der Waals surface area contributed by atoms with Crippen LogP contribution in [0.3, 0.4) is 0 Å². The Morgan fingerprint density at radius 2 is 1.93 bits per heavy atom. The maximum atomic E-state index is 13.4. The maximum absolute atomic E-state index is 13.4.